The molecule has 0 saturated heterocycles. The van der Waals surface area contributed by atoms with Gasteiger partial charge in [0.25, 0.3) is 0 Å². The van der Waals surface area contributed by atoms with Crippen LogP contribution in [0, 0.1) is 12.9 Å². The number of aromatic nitrogens is 4. The van der Waals surface area contributed by atoms with Crippen molar-refractivity contribution in [3.05, 3.63) is 30.1 Å². The van der Waals surface area contributed by atoms with Crippen LogP contribution in [0.25, 0.3) is 0 Å². The molecule has 6 nitrogen and oxygen atoms in total. The fourth-order valence-corrected chi connectivity index (χ4v) is 1.01. The Kier molecular flexibility index (Phi) is 2.53. The summed E-state index contributed by atoms with van der Waals surface area (Å²) in [5, 5.41) is 6.44. The average molecular weight is 209 g/mol. The second-order valence-corrected chi connectivity index (χ2v) is 2.81. The number of hydrogen-bond donors (Lipinski definition) is 1. The van der Waals surface area contributed by atoms with E-state index in [1.165, 1.54) is 6.07 Å². The van der Waals surface area contributed by atoms with Crippen molar-refractivity contribution < 1.29 is 8.91 Å². The van der Waals surface area contributed by atoms with Crippen molar-refractivity contribution in [3.63, 3.8) is 0 Å². The molecule has 0 unspecified atom stereocenters. The second-order valence-electron chi connectivity index (χ2n) is 2.81. The van der Waals surface area contributed by atoms with Crippen LogP contribution in [0.4, 0.5) is 10.2 Å². The van der Waals surface area contributed by atoms with Crippen LogP contribution in [0.3, 0.4) is 0 Å². The molecular weight excluding hydrogens is 201 g/mol. The lowest BCUT2D eigenvalue weighted by atomic mass is 10.5. The molecule has 7 heteroatoms. The molecule has 2 rings (SSSR count). The molecule has 2 aromatic rings. The van der Waals surface area contributed by atoms with Gasteiger partial charge < -0.3 is 9.84 Å². The van der Waals surface area contributed by atoms with E-state index in [0.717, 1.165) is 6.33 Å². The Labute approximate surface area is 84.6 Å². The number of rotatable bonds is 3. The molecule has 0 bridgehead atoms. The van der Waals surface area contributed by atoms with Crippen LogP contribution in [-0.2, 0) is 6.54 Å². The molecule has 0 spiro atoms. The zero-order valence-electron chi connectivity index (χ0n) is 7.94. The van der Waals surface area contributed by atoms with Crippen LogP contribution in [0.5, 0.6) is 0 Å². The van der Waals surface area contributed by atoms with Crippen molar-refractivity contribution in [3.8, 4) is 0 Å². The fourth-order valence-electron chi connectivity index (χ4n) is 1.01. The van der Waals surface area contributed by atoms with Gasteiger partial charge in [-0.15, -0.1) is 0 Å². The Hall–Kier alpha value is -2.05. The molecule has 1 N–H and O–H groups in total. The largest absolute Gasteiger partial charge is 0.361 e. The number of anilines is 1. The Bertz CT molecular complexity index is 458. The van der Waals surface area contributed by atoms with Crippen LogP contribution in [-0.4, -0.2) is 20.1 Å². The first-order valence-corrected chi connectivity index (χ1v) is 4.24. The Morgan fingerprint density at radius 2 is 2.33 bits per heavy atom. The average Bonchev–Trinajstić information content (AvgIpc) is 2.62. The Morgan fingerprint density at radius 1 is 1.47 bits per heavy atom. The lowest BCUT2D eigenvalue weighted by molar-refractivity contribution is 0.379. The molecule has 0 amide bonds. The van der Waals surface area contributed by atoms with E-state index in [9.17, 15) is 4.39 Å². The molecule has 15 heavy (non-hydrogen) atoms. The van der Waals surface area contributed by atoms with Gasteiger partial charge in [-0.2, -0.15) is 9.37 Å². The first kappa shape index (κ1) is 9.50. The van der Waals surface area contributed by atoms with Crippen molar-refractivity contribution in [2.75, 3.05) is 5.32 Å². The molecule has 0 saturated carbocycles. The number of aryl methyl sites for hydroxylation is 1. The molecule has 0 aliphatic rings. The zero-order valence-corrected chi connectivity index (χ0v) is 7.94. The maximum Gasteiger partial charge on any atom is 0.245 e. The van der Waals surface area contributed by atoms with Crippen molar-refractivity contribution in [2.45, 2.75) is 13.5 Å². The highest BCUT2D eigenvalue weighted by Crippen LogP contribution is 2.04. The topological polar surface area (TPSA) is 76.7 Å². The molecule has 0 atom stereocenters. The molecule has 0 aliphatic heterocycles. The van der Waals surface area contributed by atoms with E-state index in [1.54, 1.807) is 6.92 Å². The number of halogens is 1. The summed E-state index contributed by atoms with van der Waals surface area (Å²) >= 11 is 0. The molecule has 0 radical (unpaired) electrons. The summed E-state index contributed by atoms with van der Waals surface area (Å²) in [4.78, 5) is 11.1. The van der Waals surface area contributed by atoms with E-state index in [2.05, 4.69) is 25.4 Å². The SMILES string of the molecule is Cc1noc(CNc2cc(F)ncn2)n1. The van der Waals surface area contributed by atoms with Gasteiger partial charge in [0.2, 0.25) is 11.8 Å². The minimum Gasteiger partial charge on any atom is -0.361 e. The quantitative estimate of drug-likeness (QED) is 0.757. The summed E-state index contributed by atoms with van der Waals surface area (Å²) in [6.07, 6.45) is 1.14. The second kappa shape index (κ2) is 3.99. The highest BCUT2D eigenvalue weighted by Gasteiger charge is 2.03. The van der Waals surface area contributed by atoms with Crippen molar-refractivity contribution in [2.24, 2.45) is 0 Å². The van der Waals surface area contributed by atoms with Gasteiger partial charge in [0.15, 0.2) is 5.82 Å². The summed E-state index contributed by atoms with van der Waals surface area (Å²) in [6.45, 7) is 2.02. The van der Waals surface area contributed by atoms with Crippen LogP contribution < -0.4 is 5.32 Å². The highest BCUT2D eigenvalue weighted by atomic mass is 19.1. The first-order chi connectivity index (χ1) is 7.24. The van der Waals surface area contributed by atoms with E-state index in [-0.39, 0.29) is 0 Å². The Morgan fingerprint density at radius 3 is 3.00 bits per heavy atom. The van der Waals surface area contributed by atoms with Gasteiger partial charge >= 0.3 is 0 Å². The lowest BCUT2D eigenvalue weighted by Crippen LogP contribution is -2.02. The van der Waals surface area contributed by atoms with Gasteiger partial charge in [0, 0.05) is 6.07 Å². The van der Waals surface area contributed by atoms with Crippen LogP contribution >= 0.6 is 0 Å². The van der Waals surface area contributed by atoms with Crippen LogP contribution in [0.15, 0.2) is 16.9 Å². The summed E-state index contributed by atoms with van der Waals surface area (Å²) in [6, 6.07) is 1.18. The molecule has 0 fully saturated rings. The van der Waals surface area contributed by atoms with Crippen molar-refractivity contribution >= 4 is 5.82 Å². The van der Waals surface area contributed by atoms with Gasteiger partial charge in [-0.1, -0.05) is 5.16 Å². The maximum absolute atomic E-state index is 12.7. The smallest absolute Gasteiger partial charge is 0.245 e. The minimum atomic E-state index is -0.589. The van der Waals surface area contributed by atoms with Crippen molar-refractivity contribution in [1.82, 2.24) is 20.1 Å². The standard InChI is InChI=1S/C8H8FN5O/c1-5-13-8(15-14-5)3-10-7-2-6(9)11-4-12-7/h2,4H,3H2,1H3,(H,10,11,12). The van der Waals surface area contributed by atoms with Gasteiger partial charge in [-0.05, 0) is 6.92 Å². The molecule has 0 aliphatic carbocycles. The van der Waals surface area contributed by atoms with Gasteiger partial charge in [-0.3, -0.25) is 0 Å². The molecule has 2 heterocycles. The van der Waals surface area contributed by atoms with E-state index in [0.29, 0.717) is 24.1 Å². The third-order valence-corrected chi connectivity index (χ3v) is 1.62. The number of hydrogen-bond acceptors (Lipinski definition) is 6. The summed E-state index contributed by atoms with van der Waals surface area (Å²) < 4.78 is 17.5. The van der Waals surface area contributed by atoms with Crippen molar-refractivity contribution in [1.29, 1.82) is 0 Å². The molecule has 0 aromatic carbocycles. The summed E-state index contributed by atoms with van der Waals surface area (Å²) in [5.41, 5.74) is 0. The molecular formula is C8H8FN5O. The summed E-state index contributed by atoms with van der Waals surface area (Å²) in [7, 11) is 0. The number of nitrogens with one attached hydrogen (secondary N) is 1. The minimum absolute atomic E-state index is 0.303. The van der Waals surface area contributed by atoms with Crippen LogP contribution in [0.2, 0.25) is 0 Å². The summed E-state index contributed by atoms with van der Waals surface area (Å²) in [5.74, 6) is 0.764. The van der Waals surface area contributed by atoms with Gasteiger partial charge in [0.1, 0.15) is 12.1 Å². The number of nitrogens with zero attached hydrogens (tertiary/aromatic N) is 4. The lowest BCUT2D eigenvalue weighted by Gasteiger charge is -2.00. The third kappa shape index (κ3) is 2.46. The normalized spacial score (nSPS) is 10.3. The predicted octanol–water partition coefficient (Wildman–Crippen LogP) is 0.919. The Balaban J connectivity index is 1.99. The zero-order chi connectivity index (χ0) is 10.7. The fraction of sp³-hybridized carbons (Fsp3) is 0.250. The van der Waals surface area contributed by atoms with E-state index in [4.69, 9.17) is 4.52 Å². The monoisotopic (exact) mass is 209 g/mol. The van der Waals surface area contributed by atoms with E-state index >= 15 is 0 Å². The molecule has 2 aromatic heterocycles. The van der Waals surface area contributed by atoms with E-state index in [1.807, 2.05) is 0 Å². The van der Waals surface area contributed by atoms with Gasteiger partial charge in [-0.25, -0.2) is 9.97 Å². The third-order valence-electron chi connectivity index (χ3n) is 1.62. The molecule has 78 valence electrons. The van der Waals surface area contributed by atoms with E-state index < -0.39 is 5.95 Å². The highest BCUT2D eigenvalue weighted by molar-refractivity contribution is 5.31. The van der Waals surface area contributed by atoms with Gasteiger partial charge in [0.05, 0.1) is 6.54 Å². The first-order valence-electron chi connectivity index (χ1n) is 4.24. The van der Waals surface area contributed by atoms with Crippen LogP contribution in [0.1, 0.15) is 11.7 Å². The predicted molar refractivity (Wildman–Crippen MR) is 48.4 cm³/mol. The maximum atomic E-state index is 12.7.